The zero-order chi connectivity index (χ0) is 11.2. The van der Waals surface area contributed by atoms with Gasteiger partial charge in [0.2, 0.25) is 0 Å². The second-order valence-corrected chi connectivity index (χ2v) is 5.04. The topological polar surface area (TPSA) is 17.8 Å². The van der Waals surface area contributed by atoms with Gasteiger partial charge in [-0.05, 0) is 34.7 Å². The van der Waals surface area contributed by atoms with E-state index in [1.807, 2.05) is 22.6 Å². The first kappa shape index (κ1) is 11.3. The van der Waals surface area contributed by atoms with E-state index in [2.05, 4.69) is 21.0 Å². The summed E-state index contributed by atoms with van der Waals surface area (Å²) >= 11 is 5.22. The first-order chi connectivity index (χ1) is 7.00. The van der Waals surface area contributed by atoms with Crippen molar-refractivity contribution in [2.24, 2.45) is 7.05 Å². The molecule has 0 aliphatic rings. The number of benzene rings is 1. The molecule has 0 atom stereocenters. The summed E-state index contributed by atoms with van der Waals surface area (Å²) in [5.74, 6) is 0. The first-order valence-corrected chi connectivity index (χ1v) is 5.97. The molecule has 0 unspecified atom stereocenters. The summed E-state index contributed by atoms with van der Waals surface area (Å²) in [7, 11) is 1.74. The maximum atomic E-state index is 12.8. The van der Waals surface area contributed by atoms with E-state index >= 15 is 0 Å². The molecule has 80 valence electrons. The van der Waals surface area contributed by atoms with E-state index in [9.17, 15) is 8.78 Å². The minimum Gasteiger partial charge on any atom is -0.261 e. The third kappa shape index (κ3) is 1.89. The molecule has 0 amide bonds. The van der Waals surface area contributed by atoms with Crippen LogP contribution in [-0.4, -0.2) is 9.78 Å². The largest absolute Gasteiger partial charge is 0.264 e. The summed E-state index contributed by atoms with van der Waals surface area (Å²) in [5.41, 5.74) is 0.614. The summed E-state index contributed by atoms with van der Waals surface area (Å²) in [6, 6.07) is 3.18. The van der Waals surface area contributed by atoms with Crippen LogP contribution >= 0.6 is 38.5 Å². The zero-order valence-corrected chi connectivity index (χ0v) is 11.4. The SMILES string of the molecule is Cn1nc2cc(Br)cc(C(F)F)c2c1I. The smallest absolute Gasteiger partial charge is 0.261 e. The van der Waals surface area contributed by atoms with Crippen LogP contribution in [0.5, 0.6) is 0 Å². The van der Waals surface area contributed by atoms with E-state index in [-0.39, 0.29) is 5.56 Å². The number of rotatable bonds is 1. The van der Waals surface area contributed by atoms with Crippen LogP contribution < -0.4 is 0 Å². The highest BCUT2D eigenvalue weighted by Crippen LogP contribution is 2.33. The summed E-state index contributed by atoms with van der Waals surface area (Å²) in [5, 5.41) is 4.70. The van der Waals surface area contributed by atoms with Gasteiger partial charge in [0.1, 0.15) is 3.70 Å². The van der Waals surface area contributed by atoms with Crippen molar-refractivity contribution in [3.05, 3.63) is 25.9 Å². The predicted octanol–water partition coefficient (Wildman–Crippen LogP) is 3.88. The summed E-state index contributed by atoms with van der Waals surface area (Å²) in [4.78, 5) is 0. The molecule has 1 aromatic heterocycles. The monoisotopic (exact) mass is 386 g/mol. The maximum absolute atomic E-state index is 12.8. The molecule has 6 heteroatoms. The molecule has 15 heavy (non-hydrogen) atoms. The van der Waals surface area contributed by atoms with Gasteiger partial charge in [0.05, 0.1) is 5.52 Å². The molecule has 0 spiro atoms. The van der Waals surface area contributed by atoms with Gasteiger partial charge in [-0.1, -0.05) is 15.9 Å². The molecule has 0 saturated carbocycles. The highest BCUT2D eigenvalue weighted by atomic mass is 127. The molecule has 0 aliphatic heterocycles. The standard InChI is InChI=1S/C9H6BrF2IN2/c1-15-9(13)7-5(8(11)12)2-4(10)3-6(7)14-15/h2-3,8H,1H3. The van der Waals surface area contributed by atoms with E-state index in [1.54, 1.807) is 17.8 Å². The molecular weight excluding hydrogens is 381 g/mol. The predicted molar refractivity (Wildman–Crippen MR) is 66.1 cm³/mol. The van der Waals surface area contributed by atoms with Crippen molar-refractivity contribution in [1.29, 1.82) is 0 Å². The number of aryl methyl sites for hydroxylation is 1. The Hall–Kier alpha value is -0.240. The number of alkyl halides is 2. The van der Waals surface area contributed by atoms with E-state index in [0.717, 1.165) is 3.70 Å². The number of halogens is 4. The van der Waals surface area contributed by atoms with E-state index in [1.165, 1.54) is 6.07 Å². The lowest BCUT2D eigenvalue weighted by Gasteiger charge is -2.02. The molecule has 0 N–H and O–H groups in total. The average Bonchev–Trinajstić information content (AvgIpc) is 2.41. The number of hydrogen-bond acceptors (Lipinski definition) is 1. The summed E-state index contributed by atoms with van der Waals surface area (Å²) in [6.45, 7) is 0. The van der Waals surface area contributed by atoms with Crippen molar-refractivity contribution >= 4 is 49.4 Å². The van der Waals surface area contributed by atoms with Crippen molar-refractivity contribution in [1.82, 2.24) is 9.78 Å². The van der Waals surface area contributed by atoms with Crippen LogP contribution in [-0.2, 0) is 7.05 Å². The van der Waals surface area contributed by atoms with Crippen LogP contribution in [0.3, 0.4) is 0 Å². The molecule has 0 radical (unpaired) electrons. The van der Waals surface area contributed by atoms with Gasteiger partial charge in [0, 0.05) is 22.5 Å². The summed E-state index contributed by atoms with van der Waals surface area (Å²) in [6.07, 6.45) is -2.48. The lowest BCUT2D eigenvalue weighted by Crippen LogP contribution is -1.92. The Balaban J connectivity index is 2.88. The number of fused-ring (bicyclic) bond motifs is 1. The van der Waals surface area contributed by atoms with Crippen molar-refractivity contribution in [2.75, 3.05) is 0 Å². The number of hydrogen-bond donors (Lipinski definition) is 0. The van der Waals surface area contributed by atoms with Gasteiger partial charge in [0.25, 0.3) is 6.43 Å². The molecule has 0 bridgehead atoms. The minimum absolute atomic E-state index is 0.0249. The van der Waals surface area contributed by atoms with Gasteiger partial charge in [-0.3, -0.25) is 4.68 Å². The average molecular weight is 387 g/mol. The second-order valence-electron chi connectivity index (χ2n) is 3.10. The number of aromatic nitrogens is 2. The third-order valence-electron chi connectivity index (χ3n) is 2.10. The van der Waals surface area contributed by atoms with Gasteiger partial charge < -0.3 is 0 Å². The lowest BCUT2D eigenvalue weighted by molar-refractivity contribution is 0.153. The third-order valence-corrected chi connectivity index (χ3v) is 3.79. The van der Waals surface area contributed by atoms with Crippen molar-refractivity contribution < 1.29 is 8.78 Å². The quantitative estimate of drug-likeness (QED) is 0.680. The van der Waals surface area contributed by atoms with E-state index < -0.39 is 6.43 Å². The molecule has 2 nitrogen and oxygen atoms in total. The van der Waals surface area contributed by atoms with Crippen LogP contribution in [0, 0.1) is 3.70 Å². The lowest BCUT2D eigenvalue weighted by atomic mass is 10.1. The molecular formula is C9H6BrF2IN2. The molecule has 2 rings (SSSR count). The highest BCUT2D eigenvalue weighted by molar-refractivity contribution is 14.1. The Morgan fingerprint density at radius 1 is 1.47 bits per heavy atom. The fourth-order valence-corrected chi connectivity index (χ4v) is 2.62. The second kappa shape index (κ2) is 3.97. The normalized spacial score (nSPS) is 11.6. The van der Waals surface area contributed by atoms with E-state index in [0.29, 0.717) is 15.4 Å². The van der Waals surface area contributed by atoms with Gasteiger partial charge in [0.15, 0.2) is 0 Å². The number of nitrogens with zero attached hydrogens (tertiary/aromatic N) is 2. The van der Waals surface area contributed by atoms with Crippen LogP contribution in [0.2, 0.25) is 0 Å². The van der Waals surface area contributed by atoms with Gasteiger partial charge >= 0.3 is 0 Å². The van der Waals surface area contributed by atoms with Crippen LogP contribution in [0.1, 0.15) is 12.0 Å². The molecule has 1 heterocycles. The van der Waals surface area contributed by atoms with Crippen LogP contribution in [0.15, 0.2) is 16.6 Å². The van der Waals surface area contributed by atoms with Crippen LogP contribution in [0.25, 0.3) is 10.9 Å². The molecule has 2 aromatic rings. The first-order valence-electron chi connectivity index (χ1n) is 4.10. The summed E-state index contributed by atoms with van der Waals surface area (Å²) < 4.78 is 28.6. The maximum Gasteiger partial charge on any atom is 0.264 e. The minimum atomic E-state index is -2.48. The Labute approximate surface area is 107 Å². The molecule has 0 fully saturated rings. The zero-order valence-electron chi connectivity index (χ0n) is 7.64. The fourth-order valence-electron chi connectivity index (χ4n) is 1.46. The fraction of sp³-hybridized carbons (Fsp3) is 0.222. The van der Waals surface area contributed by atoms with Crippen molar-refractivity contribution in [3.63, 3.8) is 0 Å². The Bertz CT molecular complexity index is 524. The molecule has 0 aliphatic carbocycles. The molecule has 0 saturated heterocycles. The van der Waals surface area contributed by atoms with Crippen molar-refractivity contribution in [3.8, 4) is 0 Å². The Morgan fingerprint density at radius 3 is 2.73 bits per heavy atom. The van der Waals surface area contributed by atoms with Gasteiger partial charge in [-0.2, -0.15) is 5.10 Å². The van der Waals surface area contributed by atoms with E-state index in [4.69, 9.17) is 0 Å². The molecule has 1 aromatic carbocycles. The van der Waals surface area contributed by atoms with Gasteiger partial charge in [-0.25, -0.2) is 8.78 Å². The van der Waals surface area contributed by atoms with Gasteiger partial charge in [-0.15, -0.1) is 0 Å². The van der Waals surface area contributed by atoms with Crippen molar-refractivity contribution in [2.45, 2.75) is 6.43 Å². The van der Waals surface area contributed by atoms with Crippen LogP contribution in [0.4, 0.5) is 8.78 Å². The highest BCUT2D eigenvalue weighted by Gasteiger charge is 2.18. The Morgan fingerprint density at radius 2 is 2.13 bits per heavy atom. The Kier molecular flexibility index (Phi) is 2.98.